The maximum absolute atomic E-state index is 12.3. The number of hydrogen-bond acceptors (Lipinski definition) is 2. The van der Waals surface area contributed by atoms with E-state index in [1.807, 2.05) is 0 Å². The van der Waals surface area contributed by atoms with Gasteiger partial charge in [0, 0.05) is 0 Å². The number of carbonyl (C=O) groups excluding carboxylic acids is 1. The van der Waals surface area contributed by atoms with Gasteiger partial charge in [-0.05, 0) is 12.1 Å². The molecular weight excluding hydrogens is 233 g/mol. The fourth-order valence-corrected chi connectivity index (χ4v) is 1.21. The second-order valence-corrected chi connectivity index (χ2v) is 3.02. The van der Waals surface area contributed by atoms with E-state index in [0.717, 1.165) is 12.1 Å². The molecule has 82 valence electrons. The van der Waals surface area contributed by atoms with Crippen molar-refractivity contribution in [2.24, 2.45) is 0 Å². The molecule has 0 heterocycles. The minimum atomic E-state index is -4.69. The van der Waals surface area contributed by atoms with E-state index in [4.69, 9.17) is 11.6 Å². The van der Waals surface area contributed by atoms with Crippen molar-refractivity contribution >= 4 is 17.4 Å². The predicted octanol–water partition coefficient (Wildman–Crippen LogP) is 2.83. The van der Waals surface area contributed by atoms with Gasteiger partial charge in [0.2, 0.25) is 0 Å². The van der Waals surface area contributed by atoms with Crippen molar-refractivity contribution in [2.75, 3.05) is 5.88 Å². The molecule has 0 spiro atoms. The van der Waals surface area contributed by atoms with E-state index in [0.29, 0.717) is 6.07 Å². The lowest BCUT2D eigenvalue weighted by Gasteiger charge is -2.10. The van der Waals surface area contributed by atoms with Crippen LogP contribution in [0.2, 0.25) is 0 Å². The Morgan fingerprint density at radius 1 is 1.40 bits per heavy atom. The molecule has 0 saturated carbocycles. The van der Waals surface area contributed by atoms with E-state index in [9.17, 15) is 23.1 Å². The molecule has 1 aromatic carbocycles. The highest BCUT2D eigenvalue weighted by atomic mass is 35.5. The first-order chi connectivity index (χ1) is 6.88. The molecule has 0 aliphatic rings. The molecule has 0 aromatic heterocycles. The number of carbonyl (C=O) groups is 1. The van der Waals surface area contributed by atoms with E-state index in [-0.39, 0.29) is 0 Å². The van der Waals surface area contributed by atoms with Gasteiger partial charge < -0.3 is 5.11 Å². The SMILES string of the molecule is O=C(CCl)c1cccc(C(F)(F)F)c1O. The lowest BCUT2D eigenvalue weighted by atomic mass is 10.1. The maximum Gasteiger partial charge on any atom is 0.419 e. The first-order valence-electron chi connectivity index (χ1n) is 3.86. The number of phenolic OH excluding ortho intramolecular Hbond substituents is 1. The highest BCUT2D eigenvalue weighted by Gasteiger charge is 2.35. The van der Waals surface area contributed by atoms with Crippen LogP contribution in [0.25, 0.3) is 0 Å². The van der Waals surface area contributed by atoms with Gasteiger partial charge in [0.25, 0.3) is 0 Å². The Morgan fingerprint density at radius 2 is 2.00 bits per heavy atom. The van der Waals surface area contributed by atoms with E-state index in [1.54, 1.807) is 0 Å². The number of alkyl halides is 4. The van der Waals surface area contributed by atoms with Crippen molar-refractivity contribution in [3.8, 4) is 5.75 Å². The second-order valence-electron chi connectivity index (χ2n) is 2.76. The quantitative estimate of drug-likeness (QED) is 0.635. The van der Waals surface area contributed by atoms with Crippen LogP contribution in [-0.4, -0.2) is 16.8 Å². The van der Waals surface area contributed by atoms with Gasteiger partial charge in [-0.2, -0.15) is 13.2 Å². The molecule has 1 aromatic rings. The van der Waals surface area contributed by atoms with Crippen LogP contribution >= 0.6 is 11.6 Å². The van der Waals surface area contributed by atoms with Gasteiger partial charge in [0.1, 0.15) is 5.75 Å². The molecule has 0 aliphatic heterocycles. The summed E-state index contributed by atoms with van der Waals surface area (Å²) in [7, 11) is 0. The zero-order chi connectivity index (χ0) is 11.6. The minimum absolute atomic E-state index is 0.417. The number of ketones is 1. The Balaban J connectivity index is 3.30. The van der Waals surface area contributed by atoms with Crippen LogP contribution in [0.4, 0.5) is 13.2 Å². The number of halogens is 4. The summed E-state index contributed by atoms with van der Waals surface area (Å²) in [5.41, 5.74) is -1.65. The Kier molecular flexibility index (Phi) is 3.24. The summed E-state index contributed by atoms with van der Waals surface area (Å²) in [6.07, 6.45) is -4.69. The lowest BCUT2D eigenvalue weighted by Crippen LogP contribution is -2.09. The van der Waals surface area contributed by atoms with Gasteiger partial charge in [-0.25, -0.2) is 0 Å². The average molecular weight is 239 g/mol. The topological polar surface area (TPSA) is 37.3 Å². The molecule has 0 amide bonds. The fraction of sp³-hybridized carbons (Fsp3) is 0.222. The van der Waals surface area contributed by atoms with Crippen molar-refractivity contribution in [1.82, 2.24) is 0 Å². The van der Waals surface area contributed by atoms with Gasteiger partial charge >= 0.3 is 6.18 Å². The van der Waals surface area contributed by atoms with E-state index in [2.05, 4.69) is 0 Å². The smallest absolute Gasteiger partial charge is 0.419 e. The first kappa shape index (κ1) is 11.8. The summed E-state index contributed by atoms with van der Waals surface area (Å²) < 4.78 is 36.9. The second kappa shape index (κ2) is 4.10. The molecule has 1 N–H and O–H groups in total. The van der Waals surface area contributed by atoms with Crippen LogP contribution in [0.3, 0.4) is 0 Å². The van der Waals surface area contributed by atoms with E-state index < -0.39 is 34.7 Å². The molecule has 0 saturated heterocycles. The zero-order valence-electron chi connectivity index (χ0n) is 7.31. The number of para-hydroxylation sites is 1. The van der Waals surface area contributed by atoms with E-state index in [1.165, 1.54) is 0 Å². The van der Waals surface area contributed by atoms with Gasteiger partial charge in [-0.3, -0.25) is 4.79 Å². The molecule has 1 rings (SSSR count). The summed E-state index contributed by atoms with van der Waals surface area (Å²) in [6, 6.07) is 2.83. The molecule has 0 aliphatic carbocycles. The summed E-state index contributed by atoms with van der Waals surface area (Å²) in [6.45, 7) is 0. The van der Waals surface area contributed by atoms with E-state index >= 15 is 0 Å². The zero-order valence-corrected chi connectivity index (χ0v) is 8.06. The Labute approximate surface area is 88.3 Å². The molecule has 0 bridgehead atoms. The summed E-state index contributed by atoms with van der Waals surface area (Å²) in [5, 5.41) is 9.23. The highest BCUT2D eigenvalue weighted by molar-refractivity contribution is 6.30. The minimum Gasteiger partial charge on any atom is -0.507 e. The monoisotopic (exact) mass is 238 g/mol. The normalized spacial score (nSPS) is 11.5. The molecule has 6 heteroatoms. The van der Waals surface area contributed by atoms with Crippen LogP contribution in [0.1, 0.15) is 15.9 Å². The van der Waals surface area contributed by atoms with Gasteiger partial charge in [0.05, 0.1) is 17.0 Å². The number of aromatic hydroxyl groups is 1. The molecule has 15 heavy (non-hydrogen) atoms. The number of Topliss-reactive ketones (excluding diaryl/α,β-unsaturated/α-hetero) is 1. The number of phenols is 1. The molecule has 0 unspecified atom stereocenters. The largest absolute Gasteiger partial charge is 0.507 e. The lowest BCUT2D eigenvalue weighted by molar-refractivity contribution is -0.138. The number of hydrogen-bond donors (Lipinski definition) is 1. The van der Waals surface area contributed by atoms with Gasteiger partial charge in [-0.1, -0.05) is 6.07 Å². The number of benzene rings is 1. The summed E-state index contributed by atoms with van der Waals surface area (Å²) in [4.78, 5) is 11.1. The van der Waals surface area contributed by atoms with Gasteiger partial charge in [-0.15, -0.1) is 11.6 Å². The average Bonchev–Trinajstić information content (AvgIpc) is 2.15. The Hall–Kier alpha value is -1.23. The molecule has 2 nitrogen and oxygen atoms in total. The standard InChI is InChI=1S/C9H6ClF3O2/c10-4-7(14)5-2-1-3-6(8(5)15)9(11,12)13/h1-3,15H,4H2. The number of rotatable bonds is 2. The molecule has 0 fully saturated rings. The third kappa shape index (κ3) is 2.41. The van der Waals surface area contributed by atoms with Crippen molar-refractivity contribution in [2.45, 2.75) is 6.18 Å². The molecule has 0 atom stereocenters. The molecule has 0 radical (unpaired) electrons. The van der Waals surface area contributed by atoms with Crippen molar-refractivity contribution < 1.29 is 23.1 Å². The van der Waals surface area contributed by atoms with Crippen LogP contribution in [0, 0.1) is 0 Å². The third-order valence-electron chi connectivity index (χ3n) is 1.76. The highest BCUT2D eigenvalue weighted by Crippen LogP contribution is 2.37. The molecular formula is C9H6ClF3O2. The summed E-state index contributed by atoms with van der Waals surface area (Å²) >= 11 is 5.18. The van der Waals surface area contributed by atoms with Crippen LogP contribution < -0.4 is 0 Å². The van der Waals surface area contributed by atoms with Crippen LogP contribution in [0.15, 0.2) is 18.2 Å². The van der Waals surface area contributed by atoms with Crippen molar-refractivity contribution in [1.29, 1.82) is 0 Å². The maximum atomic E-state index is 12.3. The van der Waals surface area contributed by atoms with Gasteiger partial charge in [0.15, 0.2) is 5.78 Å². The summed E-state index contributed by atoms with van der Waals surface area (Å²) in [5.74, 6) is -2.30. The Bertz CT molecular complexity index is 387. The fourth-order valence-electron chi connectivity index (χ4n) is 1.07. The van der Waals surface area contributed by atoms with Crippen molar-refractivity contribution in [3.63, 3.8) is 0 Å². The third-order valence-corrected chi connectivity index (χ3v) is 2.01. The van der Waals surface area contributed by atoms with Crippen molar-refractivity contribution in [3.05, 3.63) is 29.3 Å². The van der Waals surface area contributed by atoms with Crippen LogP contribution in [0.5, 0.6) is 5.75 Å². The predicted molar refractivity (Wildman–Crippen MR) is 48.2 cm³/mol. The first-order valence-corrected chi connectivity index (χ1v) is 4.39. The van der Waals surface area contributed by atoms with Crippen LogP contribution in [-0.2, 0) is 6.18 Å². The Morgan fingerprint density at radius 3 is 2.47 bits per heavy atom.